The molecule has 0 fully saturated rings. The number of alkyl halides is 3. The van der Waals surface area contributed by atoms with Crippen LogP contribution in [0, 0.1) is 3.57 Å². The van der Waals surface area contributed by atoms with E-state index >= 15 is 0 Å². The van der Waals surface area contributed by atoms with Crippen molar-refractivity contribution in [3.63, 3.8) is 0 Å². The second kappa shape index (κ2) is 4.40. The molecule has 0 unspecified atom stereocenters. The standard InChI is InChI=1S/C6HBrClF3INO/c7-4-2(8)1-3(12)5(13-4)14-6(9,10)11/h1H. The van der Waals surface area contributed by atoms with E-state index in [-0.39, 0.29) is 13.2 Å². The normalized spacial score (nSPS) is 11.6. The van der Waals surface area contributed by atoms with Crippen molar-refractivity contribution in [1.29, 1.82) is 0 Å². The third kappa shape index (κ3) is 3.43. The number of halogens is 6. The van der Waals surface area contributed by atoms with Crippen molar-refractivity contribution in [2.24, 2.45) is 0 Å². The van der Waals surface area contributed by atoms with Gasteiger partial charge in [0.05, 0.1) is 8.59 Å². The maximum absolute atomic E-state index is 11.8. The first-order chi connectivity index (χ1) is 6.29. The number of rotatable bonds is 1. The van der Waals surface area contributed by atoms with Gasteiger partial charge in [-0.2, -0.15) is 0 Å². The predicted octanol–water partition coefficient (Wildman–Crippen LogP) is 4.00. The molecular weight excluding hydrogens is 401 g/mol. The van der Waals surface area contributed by atoms with Gasteiger partial charge < -0.3 is 4.74 Å². The van der Waals surface area contributed by atoms with Gasteiger partial charge in [0.2, 0.25) is 5.88 Å². The predicted molar refractivity (Wildman–Crippen MR) is 56.3 cm³/mol. The summed E-state index contributed by atoms with van der Waals surface area (Å²) in [5.74, 6) is -0.519. The van der Waals surface area contributed by atoms with Gasteiger partial charge in [-0.3, -0.25) is 0 Å². The summed E-state index contributed by atoms with van der Waals surface area (Å²) in [6, 6.07) is 1.32. The molecule has 2 nitrogen and oxygen atoms in total. The van der Waals surface area contributed by atoms with Gasteiger partial charge in [-0.1, -0.05) is 11.6 Å². The minimum absolute atomic E-state index is 0.110. The molecule has 1 aromatic heterocycles. The van der Waals surface area contributed by atoms with E-state index in [0.29, 0.717) is 0 Å². The summed E-state index contributed by atoms with van der Waals surface area (Å²) in [5, 5.41) is 0.226. The lowest BCUT2D eigenvalue weighted by Crippen LogP contribution is -2.18. The highest BCUT2D eigenvalue weighted by atomic mass is 127. The van der Waals surface area contributed by atoms with E-state index in [4.69, 9.17) is 11.6 Å². The fourth-order valence-corrected chi connectivity index (χ4v) is 1.76. The van der Waals surface area contributed by atoms with Crippen molar-refractivity contribution in [2.75, 3.05) is 0 Å². The smallest absolute Gasteiger partial charge is 0.387 e. The third-order valence-electron chi connectivity index (χ3n) is 1.07. The molecule has 0 saturated carbocycles. The minimum Gasteiger partial charge on any atom is -0.387 e. The Balaban J connectivity index is 3.04. The second-order valence-electron chi connectivity index (χ2n) is 2.10. The molecule has 0 spiro atoms. The second-order valence-corrected chi connectivity index (χ2v) is 4.42. The van der Waals surface area contributed by atoms with Crippen LogP contribution in [0.25, 0.3) is 0 Å². The number of ether oxygens (including phenoxy) is 1. The van der Waals surface area contributed by atoms with Crippen LogP contribution < -0.4 is 4.74 Å². The molecule has 0 N–H and O–H groups in total. The number of pyridine rings is 1. The van der Waals surface area contributed by atoms with Gasteiger partial charge in [0, 0.05) is 0 Å². The highest BCUT2D eigenvalue weighted by Crippen LogP contribution is 2.31. The summed E-state index contributed by atoms with van der Waals surface area (Å²) in [4.78, 5) is 3.49. The quantitative estimate of drug-likeness (QED) is 0.523. The molecule has 0 atom stereocenters. The summed E-state index contributed by atoms with van der Waals surface area (Å²) < 4.78 is 39.5. The Morgan fingerprint density at radius 1 is 1.50 bits per heavy atom. The molecule has 78 valence electrons. The Morgan fingerprint density at radius 3 is 2.57 bits per heavy atom. The Bertz CT molecular complexity index is 360. The molecule has 14 heavy (non-hydrogen) atoms. The number of nitrogens with zero attached hydrogens (tertiary/aromatic N) is 1. The van der Waals surface area contributed by atoms with Crippen molar-refractivity contribution in [3.8, 4) is 5.88 Å². The molecule has 0 aromatic carbocycles. The lowest BCUT2D eigenvalue weighted by molar-refractivity contribution is -0.276. The molecule has 0 aliphatic carbocycles. The third-order valence-corrected chi connectivity index (χ3v) is 2.96. The Kier molecular flexibility index (Phi) is 3.87. The monoisotopic (exact) mass is 401 g/mol. The van der Waals surface area contributed by atoms with E-state index < -0.39 is 12.2 Å². The molecule has 0 aliphatic heterocycles. The van der Waals surface area contributed by atoms with Crippen molar-refractivity contribution < 1.29 is 17.9 Å². The van der Waals surface area contributed by atoms with Crippen LogP contribution in [0.4, 0.5) is 13.2 Å². The molecule has 1 rings (SSSR count). The molecule has 1 aromatic rings. The lowest BCUT2D eigenvalue weighted by Gasteiger charge is -2.09. The van der Waals surface area contributed by atoms with E-state index in [1.807, 2.05) is 0 Å². The van der Waals surface area contributed by atoms with Gasteiger partial charge in [-0.25, -0.2) is 4.98 Å². The number of hydrogen-bond donors (Lipinski definition) is 0. The van der Waals surface area contributed by atoms with Crippen LogP contribution in [0.3, 0.4) is 0 Å². The van der Waals surface area contributed by atoms with Gasteiger partial charge >= 0.3 is 6.36 Å². The lowest BCUT2D eigenvalue weighted by atomic mass is 10.5. The van der Waals surface area contributed by atoms with Crippen LogP contribution in [-0.2, 0) is 0 Å². The fourth-order valence-electron chi connectivity index (χ4n) is 0.610. The van der Waals surface area contributed by atoms with Crippen LogP contribution in [-0.4, -0.2) is 11.3 Å². The first kappa shape index (κ1) is 12.3. The van der Waals surface area contributed by atoms with E-state index in [1.165, 1.54) is 6.07 Å². The SMILES string of the molecule is FC(F)(F)Oc1nc(Br)c(Cl)cc1I. The van der Waals surface area contributed by atoms with Crippen LogP contribution in [0.1, 0.15) is 0 Å². The topological polar surface area (TPSA) is 22.1 Å². The Hall–Kier alpha value is 0.240. The molecule has 8 heteroatoms. The number of hydrogen-bond acceptors (Lipinski definition) is 2. The van der Waals surface area contributed by atoms with E-state index in [1.54, 1.807) is 22.6 Å². The number of aromatic nitrogens is 1. The van der Waals surface area contributed by atoms with Crippen molar-refractivity contribution in [2.45, 2.75) is 6.36 Å². The first-order valence-electron chi connectivity index (χ1n) is 3.07. The molecule has 0 saturated heterocycles. The molecule has 0 bridgehead atoms. The van der Waals surface area contributed by atoms with Gasteiger partial charge in [0.1, 0.15) is 4.60 Å². The highest BCUT2D eigenvalue weighted by Gasteiger charge is 2.33. The van der Waals surface area contributed by atoms with Crippen LogP contribution >= 0.6 is 50.1 Å². The van der Waals surface area contributed by atoms with Crippen LogP contribution in [0.5, 0.6) is 5.88 Å². The molecule has 0 amide bonds. The molecular formula is C6HBrClF3INO. The van der Waals surface area contributed by atoms with Gasteiger partial charge in [-0.05, 0) is 44.6 Å². The molecule has 1 heterocycles. The van der Waals surface area contributed by atoms with E-state index in [2.05, 4.69) is 25.7 Å². The van der Waals surface area contributed by atoms with Crippen molar-refractivity contribution in [1.82, 2.24) is 4.98 Å². The average molecular weight is 402 g/mol. The minimum atomic E-state index is -4.75. The highest BCUT2D eigenvalue weighted by molar-refractivity contribution is 14.1. The summed E-state index contributed by atoms with van der Waals surface area (Å²) in [6.45, 7) is 0. The first-order valence-corrected chi connectivity index (χ1v) is 5.32. The van der Waals surface area contributed by atoms with Crippen molar-refractivity contribution >= 4 is 50.1 Å². The average Bonchev–Trinajstić information content (AvgIpc) is 1.97. The van der Waals surface area contributed by atoms with Gasteiger partial charge in [-0.15, -0.1) is 13.2 Å². The van der Waals surface area contributed by atoms with E-state index in [9.17, 15) is 13.2 Å². The molecule has 0 radical (unpaired) electrons. The van der Waals surface area contributed by atoms with Crippen LogP contribution in [0.2, 0.25) is 5.02 Å². The zero-order chi connectivity index (χ0) is 10.9. The fraction of sp³-hybridized carbons (Fsp3) is 0.167. The van der Waals surface area contributed by atoms with Gasteiger partial charge in [0.25, 0.3) is 0 Å². The van der Waals surface area contributed by atoms with Crippen molar-refractivity contribution in [3.05, 3.63) is 19.3 Å². The Labute approximate surface area is 104 Å². The molecule has 0 aliphatic rings. The van der Waals surface area contributed by atoms with Crippen LogP contribution in [0.15, 0.2) is 10.7 Å². The summed E-state index contributed by atoms with van der Waals surface area (Å²) in [7, 11) is 0. The van der Waals surface area contributed by atoms with E-state index in [0.717, 1.165) is 0 Å². The Morgan fingerprint density at radius 2 is 2.07 bits per heavy atom. The largest absolute Gasteiger partial charge is 0.574 e. The summed E-state index contributed by atoms with van der Waals surface area (Å²) in [6.07, 6.45) is -4.75. The zero-order valence-corrected chi connectivity index (χ0v) is 10.7. The maximum Gasteiger partial charge on any atom is 0.574 e. The zero-order valence-electron chi connectivity index (χ0n) is 6.20. The summed E-state index contributed by atoms with van der Waals surface area (Å²) >= 11 is 10.2. The van der Waals surface area contributed by atoms with Gasteiger partial charge in [0.15, 0.2) is 0 Å². The maximum atomic E-state index is 11.8. The summed E-state index contributed by atoms with van der Waals surface area (Å²) in [5.41, 5.74) is 0.